The number of nitrogens with one attached hydrogen (secondary N) is 2. The normalized spacial score (nSPS) is 10.3. The Balaban J connectivity index is 1.94. The van der Waals surface area contributed by atoms with Crippen LogP contribution in [0.5, 0.6) is 0 Å². The van der Waals surface area contributed by atoms with Gasteiger partial charge in [0, 0.05) is 4.47 Å². The summed E-state index contributed by atoms with van der Waals surface area (Å²) >= 11 is 3.21. The molecule has 0 radical (unpaired) electrons. The maximum atomic E-state index is 13.4. The number of halogens is 2. The molecule has 1 heterocycles. The number of rotatable bonds is 3. The van der Waals surface area contributed by atoms with Gasteiger partial charge < -0.3 is 15.1 Å². The average Bonchev–Trinajstić information content (AvgIpc) is 2.77. The van der Waals surface area contributed by atoms with Gasteiger partial charge >= 0.3 is 6.03 Å². The quantitative estimate of drug-likeness (QED) is 0.909. The topological polar surface area (TPSA) is 67.2 Å². The Labute approximate surface area is 117 Å². The lowest BCUT2D eigenvalue weighted by Gasteiger charge is -2.08. The highest BCUT2D eigenvalue weighted by Crippen LogP contribution is 2.19. The highest BCUT2D eigenvalue weighted by Gasteiger charge is 2.09. The molecule has 0 bridgehead atoms. The Hall–Kier alpha value is -1.89. The molecule has 0 aliphatic carbocycles. The Morgan fingerprint density at radius 1 is 1.53 bits per heavy atom. The predicted octanol–water partition coefficient (Wildman–Crippen LogP) is 3.21. The fourth-order valence-electron chi connectivity index (χ4n) is 1.42. The summed E-state index contributed by atoms with van der Waals surface area (Å²) in [4.78, 5) is 15.6. The maximum absolute atomic E-state index is 13.4. The van der Waals surface area contributed by atoms with Crippen LogP contribution in [0, 0.1) is 12.7 Å². The minimum absolute atomic E-state index is 0.101. The van der Waals surface area contributed by atoms with Gasteiger partial charge in [0.05, 0.1) is 12.2 Å². The molecule has 0 fully saturated rings. The second-order valence-corrected chi connectivity index (χ2v) is 4.70. The fraction of sp³-hybridized carbons (Fsp3) is 0.167. The smallest absolute Gasteiger partial charge is 0.319 e. The molecule has 2 amide bonds. The van der Waals surface area contributed by atoms with Gasteiger partial charge in [-0.1, -0.05) is 15.9 Å². The van der Waals surface area contributed by atoms with Crippen molar-refractivity contribution in [3.8, 4) is 0 Å². The molecular formula is C12H11BrFN3O2. The van der Waals surface area contributed by atoms with Crippen LogP contribution in [0.2, 0.25) is 0 Å². The zero-order chi connectivity index (χ0) is 13.8. The van der Waals surface area contributed by atoms with Gasteiger partial charge in [-0.05, 0) is 25.1 Å². The van der Waals surface area contributed by atoms with Gasteiger partial charge in [-0.15, -0.1) is 0 Å². The Kier molecular flexibility index (Phi) is 4.16. The van der Waals surface area contributed by atoms with Gasteiger partial charge in [0.1, 0.15) is 17.3 Å². The number of oxazole rings is 1. The van der Waals surface area contributed by atoms with Crippen LogP contribution in [0.25, 0.3) is 0 Å². The third-order valence-corrected chi connectivity index (χ3v) is 2.93. The first kappa shape index (κ1) is 13.5. The molecule has 0 aliphatic heterocycles. The van der Waals surface area contributed by atoms with E-state index in [0.717, 1.165) is 0 Å². The summed E-state index contributed by atoms with van der Waals surface area (Å²) in [5.74, 6) is 0.130. The molecule has 2 rings (SSSR count). The second kappa shape index (κ2) is 5.83. The van der Waals surface area contributed by atoms with E-state index in [4.69, 9.17) is 4.42 Å². The van der Waals surface area contributed by atoms with Gasteiger partial charge in [0.15, 0.2) is 6.39 Å². The second-order valence-electron chi connectivity index (χ2n) is 3.79. The van der Waals surface area contributed by atoms with Crippen LogP contribution in [0.15, 0.2) is 33.5 Å². The van der Waals surface area contributed by atoms with E-state index in [1.54, 1.807) is 13.0 Å². The molecule has 100 valence electrons. The molecular weight excluding hydrogens is 317 g/mol. The first-order valence-corrected chi connectivity index (χ1v) is 6.24. The summed E-state index contributed by atoms with van der Waals surface area (Å²) in [7, 11) is 0. The van der Waals surface area contributed by atoms with E-state index in [2.05, 4.69) is 31.5 Å². The molecule has 0 spiro atoms. The molecule has 5 nitrogen and oxygen atoms in total. The van der Waals surface area contributed by atoms with Gasteiger partial charge in [0.2, 0.25) is 0 Å². The van der Waals surface area contributed by atoms with Crippen molar-refractivity contribution in [1.82, 2.24) is 10.3 Å². The monoisotopic (exact) mass is 327 g/mol. The SMILES string of the molecule is Cc1ocnc1CNC(=O)Nc1cc(Br)ccc1F. The van der Waals surface area contributed by atoms with Gasteiger partial charge in [0.25, 0.3) is 0 Å². The van der Waals surface area contributed by atoms with Crippen LogP contribution in [-0.2, 0) is 6.54 Å². The van der Waals surface area contributed by atoms with Crippen LogP contribution in [0.1, 0.15) is 11.5 Å². The minimum Gasteiger partial charge on any atom is -0.448 e. The lowest BCUT2D eigenvalue weighted by Crippen LogP contribution is -2.28. The summed E-state index contributed by atoms with van der Waals surface area (Å²) in [6, 6.07) is 3.79. The lowest BCUT2D eigenvalue weighted by molar-refractivity contribution is 0.251. The van der Waals surface area contributed by atoms with Crippen molar-refractivity contribution in [1.29, 1.82) is 0 Å². The third kappa shape index (κ3) is 3.54. The Bertz CT molecular complexity index is 600. The van der Waals surface area contributed by atoms with Gasteiger partial charge in [-0.2, -0.15) is 0 Å². The summed E-state index contributed by atoms with van der Waals surface area (Å²) in [6.07, 6.45) is 1.30. The van der Waals surface area contributed by atoms with Crippen molar-refractivity contribution < 1.29 is 13.6 Å². The van der Waals surface area contributed by atoms with E-state index in [9.17, 15) is 9.18 Å². The van der Waals surface area contributed by atoms with Crippen LogP contribution >= 0.6 is 15.9 Å². The van der Waals surface area contributed by atoms with Crippen LogP contribution in [0.3, 0.4) is 0 Å². The Morgan fingerprint density at radius 3 is 3.00 bits per heavy atom. The number of anilines is 1. The summed E-state index contributed by atoms with van der Waals surface area (Å²) in [5, 5.41) is 4.99. The molecule has 0 atom stereocenters. The number of hydrogen-bond acceptors (Lipinski definition) is 3. The number of aromatic nitrogens is 1. The van der Waals surface area contributed by atoms with Crippen molar-refractivity contribution in [2.45, 2.75) is 13.5 Å². The molecule has 1 aromatic carbocycles. The molecule has 0 aliphatic rings. The predicted molar refractivity (Wildman–Crippen MR) is 71.2 cm³/mol. The van der Waals surface area contributed by atoms with Gasteiger partial charge in [-0.25, -0.2) is 14.2 Å². The molecule has 19 heavy (non-hydrogen) atoms. The van der Waals surface area contributed by atoms with Crippen molar-refractivity contribution in [2.75, 3.05) is 5.32 Å². The molecule has 2 N–H and O–H groups in total. The molecule has 0 saturated heterocycles. The van der Waals surface area contributed by atoms with Crippen molar-refractivity contribution in [3.63, 3.8) is 0 Å². The summed E-state index contributed by atoms with van der Waals surface area (Å²) in [6.45, 7) is 1.96. The zero-order valence-corrected chi connectivity index (χ0v) is 11.6. The molecule has 1 aromatic heterocycles. The fourth-order valence-corrected chi connectivity index (χ4v) is 1.78. The minimum atomic E-state index is -0.514. The van der Waals surface area contributed by atoms with E-state index < -0.39 is 11.8 Å². The molecule has 7 heteroatoms. The highest BCUT2D eigenvalue weighted by molar-refractivity contribution is 9.10. The van der Waals surface area contributed by atoms with E-state index >= 15 is 0 Å². The van der Waals surface area contributed by atoms with E-state index in [0.29, 0.717) is 15.9 Å². The Morgan fingerprint density at radius 2 is 2.32 bits per heavy atom. The standard InChI is InChI=1S/C12H11BrFN3O2/c1-7-11(16-6-19-7)5-15-12(18)17-10-4-8(13)2-3-9(10)14/h2-4,6H,5H2,1H3,(H2,15,17,18). The number of nitrogens with zero attached hydrogens (tertiary/aromatic N) is 1. The van der Waals surface area contributed by atoms with Crippen molar-refractivity contribution in [2.24, 2.45) is 0 Å². The first-order valence-electron chi connectivity index (χ1n) is 5.45. The highest BCUT2D eigenvalue weighted by atomic mass is 79.9. The van der Waals surface area contributed by atoms with Crippen LogP contribution in [0.4, 0.5) is 14.9 Å². The third-order valence-electron chi connectivity index (χ3n) is 2.44. The van der Waals surface area contributed by atoms with Crippen molar-refractivity contribution in [3.05, 3.63) is 46.3 Å². The summed E-state index contributed by atoms with van der Waals surface area (Å²) in [5.41, 5.74) is 0.730. The molecule has 0 saturated carbocycles. The largest absolute Gasteiger partial charge is 0.448 e. The van der Waals surface area contributed by atoms with Gasteiger partial charge in [-0.3, -0.25) is 0 Å². The van der Waals surface area contributed by atoms with Crippen LogP contribution in [-0.4, -0.2) is 11.0 Å². The number of carbonyl (C=O) groups excluding carboxylic acids is 1. The number of urea groups is 1. The van der Waals surface area contributed by atoms with E-state index in [1.807, 2.05) is 0 Å². The number of aryl methyl sites for hydroxylation is 1. The number of benzene rings is 1. The molecule has 2 aromatic rings. The van der Waals surface area contributed by atoms with Crippen molar-refractivity contribution >= 4 is 27.6 Å². The van der Waals surface area contributed by atoms with E-state index in [-0.39, 0.29) is 12.2 Å². The molecule has 0 unspecified atom stereocenters. The zero-order valence-electron chi connectivity index (χ0n) is 10.0. The first-order chi connectivity index (χ1) is 9.06. The number of hydrogen-bond donors (Lipinski definition) is 2. The summed E-state index contributed by atoms with van der Waals surface area (Å²) < 4.78 is 19.1. The number of amides is 2. The van der Waals surface area contributed by atoms with Crippen LogP contribution < -0.4 is 10.6 Å². The lowest BCUT2D eigenvalue weighted by atomic mass is 10.3. The van der Waals surface area contributed by atoms with E-state index in [1.165, 1.54) is 18.5 Å². The average molecular weight is 328 g/mol. The maximum Gasteiger partial charge on any atom is 0.319 e. The number of carbonyl (C=O) groups is 1.